The maximum absolute atomic E-state index is 12.1. The molecule has 0 bridgehead atoms. The van der Waals surface area contributed by atoms with Gasteiger partial charge >= 0.3 is 0 Å². The number of hydrogen-bond acceptors (Lipinski definition) is 4. The fourth-order valence-electron chi connectivity index (χ4n) is 3.97. The monoisotopic (exact) mass is 524 g/mol. The number of aliphatic imine (C=N–C) groups is 1. The van der Waals surface area contributed by atoms with Crippen LogP contribution in [0, 0.1) is 0 Å². The molecule has 0 radical (unpaired) electrons. The summed E-state index contributed by atoms with van der Waals surface area (Å²) in [6, 6.07) is 2.65. The molecule has 1 aliphatic carbocycles. The summed E-state index contributed by atoms with van der Waals surface area (Å²) in [6.45, 7) is 6.17. The SMILES string of the molecule is CCS(=O)C1CCCC(NC(=NC)NCCN2CCc3sccc3C2)C1.I. The standard InChI is InChI=1S/C19H32N4OS2.HI/c1-3-26(24)17-6-4-5-16(13-17)22-19(20-2)21-9-11-23-10-7-18-15(14-23)8-12-25-18;/h8,12,16-17H,3-7,9-11,13-14H2,1-2H3,(H2,20,21,22);1H. The van der Waals surface area contributed by atoms with Gasteiger partial charge in [-0.05, 0) is 42.7 Å². The summed E-state index contributed by atoms with van der Waals surface area (Å²) in [4.78, 5) is 8.45. The molecule has 154 valence electrons. The van der Waals surface area contributed by atoms with Crippen LogP contribution in [-0.4, -0.2) is 58.8 Å². The molecule has 0 amide bonds. The molecule has 0 spiro atoms. The molecule has 0 saturated heterocycles. The third-order valence-corrected chi connectivity index (χ3v) is 8.22. The van der Waals surface area contributed by atoms with Crippen molar-refractivity contribution in [2.45, 2.75) is 56.9 Å². The van der Waals surface area contributed by atoms with Crippen LogP contribution >= 0.6 is 35.3 Å². The van der Waals surface area contributed by atoms with Crippen LogP contribution in [0.4, 0.5) is 0 Å². The van der Waals surface area contributed by atoms with Crippen LogP contribution in [-0.2, 0) is 23.8 Å². The van der Waals surface area contributed by atoms with Crippen LogP contribution < -0.4 is 10.6 Å². The van der Waals surface area contributed by atoms with E-state index in [0.717, 1.165) is 63.6 Å². The van der Waals surface area contributed by atoms with Gasteiger partial charge in [-0.3, -0.25) is 14.1 Å². The molecular formula is C19H33IN4OS2. The average Bonchev–Trinajstić information content (AvgIpc) is 3.14. The van der Waals surface area contributed by atoms with Crippen molar-refractivity contribution in [3.8, 4) is 0 Å². The van der Waals surface area contributed by atoms with Gasteiger partial charge in [-0.15, -0.1) is 35.3 Å². The smallest absolute Gasteiger partial charge is 0.191 e. The fourth-order valence-corrected chi connectivity index (χ4v) is 6.21. The Labute approximate surface area is 187 Å². The van der Waals surface area contributed by atoms with E-state index in [-0.39, 0.29) is 24.0 Å². The lowest BCUT2D eigenvalue weighted by atomic mass is 9.95. The summed E-state index contributed by atoms with van der Waals surface area (Å²) < 4.78 is 12.1. The van der Waals surface area contributed by atoms with Gasteiger partial charge in [0.1, 0.15) is 0 Å². The Hall–Kier alpha value is -0.190. The summed E-state index contributed by atoms with van der Waals surface area (Å²) in [5, 5.41) is 9.57. The summed E-state index contributed by atoms with van der Waals surface area (Å²) in [6.07, 6.45) is 5.57. The van der Waals surface area contributed by atoms with Crippen LogP contribution in [0.2, 0.25) is 0 Å². The van der Waals surface area contributed by atoms with Gasteiger partial charge in [0.25, 0.3) is 0 Å². The minimum Gasteiger partial charge on any atom is -0.355 e. The number of thiophene rings is 1. The molecular weight excluding hydrogens is 491 g/mol. The summed E-state index contributed by atoms with van der Waals surface area (Å²) >= 11 is 1.89. The highest BCUT2D eigenvalue weighted by Crippen LogP contribution is 2.24. The van der Waals surface area contributed by atoms with E-state index in [1.807, 2.05) is 25.3 Å². The first-order valence-corrected chi connectivity index (χ1v) is 12.1. The van der Waals surface area contributed by atoms with Crippen LogP contribution in [0.25, 0.3) is 0 Å². The highest BCUT2D eigenvalue weighted by Gasteiger charge is 2.26. The Kier molecular flexibility index (Phi) is 10.0. The number of guanidine groups is 1. The molecule has 8 heteroatoms. The Morgan fingerprint density at radius 2 is 2.30 bits per heavy atom. The number of nitrogens with one attached hydrogen (secondary N) is 2. The van der Waals surface area contributed by atoms with Crippen molar-refractivity contribution in [1.82, 2.24) is 15.5 Å². The van der Waals surface area contributed by atoms with Gasteiger partial charge in [0.05, 0.1) is 0 Å². The topological polar surface area (TPSA) is 56.7 Å². The molecule has 2 aliphatic rings. The minimum absolute atomic E-state index is 0. The normalized spacial score (nSPS) is 24.6. The molecule has 1 aliphatic heterocycles. The molecule has 1 aromatic rings. The van der Waals surface area contributed by atoms with E-state index in [9.17, 15) is 4.21 Å². The number of rotatable bonds is 6. The first-order valence-electron chi connectivity index (χ1n) is 9.81. The van der Waals surface area contributed by atoms with Gasteiger partial charge < -0.3 is 10.6 Å². The van der Waals surface area contributed by atoms with E-state index in [2.05, 4.69) is 32.0 Å². The van der Waals surface area contributed by atoms with Crippen molar-refractivity contribution >= 4 is 52.1 Å². The number of hydrogen-bond donors (Lipinski definition) is 2. The zero-order valence-corrected chi connectivity index (χ0v) is 20.4. The predicted molar refractivity (Wildman–Crippen MR) is 128 cm³/mol. The zero-order chi connectivity index (χ0) is 18.4. The summed E-state index contributed by atoms with van der Waals surface area (Å²) in [7, 11) is 1.15. The lowest BCUT2D eigenvalue weighted by molar-refractivity contribution is 0.260. The van der Waals surface area contributed by atoms with E-state index in [0.29, 0.717) is 11.3 Å². The van der Waals surface area contributed by atoms with Crippen molar-refractivity contribution in [2.75, 3.05) is 32.4 Å². The largest absolute Gasteiger partial charge is 0.355 e. The van der Waals surface area contributed by atoms with E-state index >= 15 is 0 Å². The highest BCUT2D eigenvalue weighted by atomic mass is 127. The second-order valence-electron chi connectivity index (χ2n) is 7.19. The van der Waals surface area contributed by atoms with E-state index in [1.165, 1.54) is 12.0 Å². The van der Waals surface area contributed by atoms with Crippen LogP contribution in [0.1, 0.15) is 43.0 Å². The van der Waals surface area contributed by atoms with E-state index < -0.39 is 10.8 Å². The van der Waals surface area contributed by atoms with Crippen LogP contribution in [0.15, 0.2) is 16.4 Å². The molecule has 3 rings (SSSR count). The van der Waals surface area contributed by atoms with Crippen LogP contribution in [0.5, 0.6) is 0 Å². The van der Waals surface area contributed by atoms with Gasteiger partial charge in [0, 0.05) is 65.9 Å². The molecule has 5 nitrogen and oxygen atoms in total. The first-order chi connectivity index (χ1) is 12.7. The van der Waals surface area contributed by atoms with Crippen molar-refractivity contribution in [2.24, 2.45) is 4.99 Å². The molecule has 1 fully saturated rings. The Morgan fingerprint density at radius 1 is 1.44 bits per heavy atom. The fraction of sp³-hybridized carbons (Fsp3) is 0.737. The Bertz CT molecular complexity index is 637. The molecule has 27 heavy (non-hydrogen) atoms. The van der Waals surface area contributed by atoms with E-state index in [1.54, 1.807) is 4.88 Å². The van der Waals surface area contributed by atoms with Gasteiger partial charge in [-0.2, -0.15) is 0 Å². The average molecular weight is 525 g/mol. The first kappa shape index (κ1) is 23.1. The van der Waals surface area contributed by atoms with Gasteiger partial charge in [-0.25, -0.2) is 0 Å². The predicted octanol–water partition coefficient (Wildman–Crippen LogP) is 2.97. The van der Waals surface area contributed by atoms with Crippen molar-refractivity contribution in [1.29, 1.82) is 0 Å². The molecule has 3 atom stereocenters. The van der Waals surface area contributed by atoms with Gasteiger partial charge in [0.15, 0.2) is 5.96 Å². The number of fused-ring (bicyclic) bond motifs is 1. The maximum Gasteiger partial charge on any atom is 0.191 e. The lowest BCUT2D eigenvalue weighted by Gasteiger charge is -2.31. The number of nitrogens with zero attached hydrogens (tertiary/aromatic N) is 2. The Balaban J connectivity index is 0.00000261. The second-order valence-corrected chi connectivity index (χ2v) is 10.2. The van der Waals surface area contributed by atoms with Crippen molar-refractivity contribution in [3.63, 3.8) is 0 Å². The third-order valence-electron chi connectivity index (χ3n) is 5.45. The molecule has 2 heterocycles. The minimum atomic E-state index is -0.680. The Morgan fingerprint density at radius 3 is 3.07 bits per heavy atom. The lowest BCUT2D eigenvalue weighted by Crippen LogP contribution is -2.48. The summed E-state index contributed by atoms with van der Waals surface area (Å²) in [5.41, 5.74) is 1.50. The van der Waals surface area contributed by atoms with E-state index in [4.69, 9.17) is 0 Å². The van der Waals surface area contributed by atoms with Crippen molar-refractivity contribution in [3.05, 3.63) is 21.9 Å². The molecule has 1 saturated carbocycles. The van der Waals surface area contributed by atoms with Crippen molar-refractivity contribution < 1.29 is 4.21 Å². The molecule has 3 unspecified atom stereocenters. The molecule has 0 aromatic carbocycles. The summed E-state index contributed by atoms with van der Waals surface area (Å²) in [5.74, 6) is 1.65. The van der Waals surface area contributed by atoms with Crippen LogP contribution in [0.3, 0.4) is 0 Å². The quantitative estimate of drug-likeness (QED) is 0.342. The maximum atomic E-state index is 12.1. The third kappa shape index (κ3) is 6.68. The second kappa shape index (κ2) is 11.7. The zero-order valence-electron chi connectivity index (χ0n) is 16.4. The highest BCUT2D eigenvalue weighted by molar-refractivity contribution is 14.0. The van der Waals surface area contributed by atoms with Gasteiger partial charge in [-0.1, -0.05) is 13.3 Å². The van der Waals surface area contributed by atoms with Gasteiger partial charge in [0.2, 0.25) is 0 Å². The molecule has 1 aromatic heterocycles. The molecule has 2 N–H and O–H groups in total. The number of halogens is 1.